The van der Waals surface area contributed by atoms with E-state index >= 15 is 0 Å². The van der Waals surface area contributed by atoms with Crippen LogP contribution in [-0.4, -0.2) is 27.6 Å². The van der Waals surface area contributed by atoms with E-state index in [1.54, 1.807) is 22.8 Å². The van der Waals surface area contributed by atoms with Crippen LogP contribution < -0.4 is 0 Å². The van der Waals surface area contributed by atoms with Gasteiger partial charge in [0.15, 0.2) is 0 Å². The van der Waals surface area contributed by atoms with Crippen molar-refractivity contribution in [1.82, 2.24) is 14.7 Å². The summed E-state index contributed by atoms with van der Waals surface area (Å²) in [4.78, 5) is 14.0. The van der Waals surface area contributed by atoms with Gasteiger partial charge < -0.3 is 4.90 Å². The summed E-state index contributed by atoms with van der Waals surface area (Å²) in [7, 11) is 3.66. The molecule has 100 valence electrons. The van der Waals surface area contributed by atoms with Gasteiger partial charge in [0.05, 0.1) is 6.20 Å². The van der Waals surface area contributed by atoms with E-state index in [0.29, 0.717) is 12.1 Å². The first kappa shape index (κ1) is 13.8. The van der Waals surface area contributed by atoms with E-state index in [1.807, 2.05) is 38.4 Å². The van der Waals surface area contributed by atoms with Crippen molar-refractivity contribution in [3.05, 3.63) is 51.8 Å². The van der Waals surface area contributed by atoms with Gasteiger partial charge in [-0.1, -0.05) is 15.9 Å². The first-order valence-electron chi connectivity index (χ1n) is 5.96. The molecule has 0 aliphatic heterocycles. The third-order valence-electron chi connectivity index (χ3n) is 2.93. The summed E-state index contributed by atoms with van der Waals surface area (Å²) in [6.07, 6.45) is 3.69. The van der Waals surface area contributed by atoms with Gasteiger partial charge in [0.2, 0.25) is 0 Å². The predicted octanol–water partition coefficient (Wildman–Crippen LogP) is 2.76. The highest BCUT2D eigenvalue weighted by Gasteiger charge is 2.13. The van der Waals surface area contributed by atoms with Crippen molar-refractivity contribution in [2.24, 2.45) is 7.05 Å². The van der Waals surface area contributed by atoms with Crippen LogP contribution in [0, 0.1) is 6.92 Å². The van der Waals surface area contributed by atoms with Crippen molar-refractivity contribution >= 4 is 21.8 Å². The number of carbonyl (C=O) groups is 1. The number of halogens is 1. The minimum absolute atomic E-state index is 0.0134. The second-order valence-electron chi connectivity index (χ2n) is 4.65. The van der Waals surface area contributed by atoms with E-state index in [9.17, 15) is 4.79 Å². The molecule has 0 unspecified atom stereocenters. The molecule has 0 aliphatic carbocycles. The molecule has 0 bridgehead atoms. The average molecular weight is 322 g/mol. The summed E-state index contributed by atoms with van der Waals surface area (Å²) < 4.78 is 2.75. The van der Waals surface area contributed by atoms with E-state index in [-0.39, 0.29) is 5.91 Å². The lowest BCUT2D eigenvalue weighted by molar-refractivity contribution is 0.0785. The molecule has 0 radical (unpaired) electrons. The van der Waals surface area contributed by atoms with Gasteiger partial charge >= 0.3 is 0 Å². The molecule has 2 rings (SSSR count). The molecule has 1 heterocycles. The monoisotopic (exact) mass is 321 g/mol. The van der Waals surface area contributed by atoms with Crippen LogP contribution in [0.25, 0.3) is 0 Å². The van der Waals surface area contributed by atoms with Crippen LogP contribution in [0.15, 0.2) is 35.1 Å². The van der Waals surface area contributed by atoms with E-state index in [0.717, 1.165) is 15.6 Å². The lowest BCUT2D eigenvalue weighted by Gasteiger charge is -2.16. The lowest BCUT2D eigenvalue weighted by Crippen LogP contribution is -2.26. The lowest BCUT2D eigenvalue weighted by atomic mass is 10.1. The highest BCUT2D eigenvalue weighted by atomic mass is 79.9. The van der Waals surface area contributed by atoms with Gasteiger partial charge in [-0.05, 0) is 30.7 Å². The Balaban J connectivity index is 2.12. The molecule has 0 spiro atoms. The second-order valence-corrected chi connectivity index (χ2v) is 5.50. The largest absolute Gasteiger partial charge is 0.337 e. The van der Waals surface area contributed by atoms with Crippen LogP contribution in [0.2, 0.25) is 0 Å². The average Bonchev–Trinajstić information content (AvgIpc) is 2.77. The summed E-state index contributed by atoms with van der Waals surface area (Å²) in [5.74, 6) is 0.0134. The molecule has 0 atom stereocenters. The van der Waals surface area contributed by atoms with E-state index in [1.165, 1.54) is 0 Å². The minimum Gasteiger partial charge on any atom is -0.337 e. The number of benzene rings is 1. The van der Waals surface area contributed by atoms with Crippen molar-refractivity contribution in [2.45, 2.75) is 13.5 Å². The number of aromatic nitrogens is 2. The molecule has 0 fully saturated rings. The summed E-state index contributed by atoms with van der Waals surface area (Å²) in [5.41, 5.74) is 2.78. The Kier molecular flexibility index (Phi) is 4.04. The van der Waals surface area contributed by atoms with Gasteiger partial charge in [0.25, 0.3) is 5.91 Å². The maximum absolute atomic E-state index is 12.3. The van der Waals surface area contributed by atoms with Crippen molar-refractivity contribution in [1.29, 1.82) is 0 Å². The quantitative estimate of drug-likeness (QED) is 0.871. The van der Waals surface area contributed by atoms with Crippen LogP contribution in [-0.2, 0) is 13.6 Å². The molecular weight excluding hydrogens is 306 g/mol. The Labute approximate surface area is 121 Å². The summed E-state index contributed by atoms with van der Waals surface area (Å²) >= 11 is 3.44. The molecule has 1 aromatic heterocycles. The first-order valence-corrected chi connectivity index (χ1v) is 6.76. The van der Waals surface area contributed by atoms with Crippen molar-refractivity contribution in [3.8, 4) is 0 Å². The Hall–Kier alpha value is -1.62. The van der Waals surface area contributed by atoms with Crippen LogP contribution in [0.4, 0.5) is 0 Å². The minimum atomic E-state index is 0.0134. The molecule has 19 heavy (non-hydrogen) atoms. The van der Waals surface area contributed by atoms with E-state index in [2.05, 4.69) is 21.0 Å². The number of hydrogen-bond acceptors (Lipinski definition) is 2. The summed E-state index contributed by atoms with van der Waals surface area (Å²) in [5, 5.41) is 4.10. The standard InChI is InChI=1S/C14H16BrN3O/c1-10-6-12(4-5-13(10)15)14(19)17(2)8-11-7-16-18(3)9-11/h4-7,9H,8H2,1-3H3. The molecule has 0 aliphatic rings. The van der Waals surface area contributed by atoms with Gasteiger partial charge in [-0.15, -0.1) is 0 Å². The maximum Gasteiger partial charge on any atom is 0.253 e. The number of amides is 1. The smallest absolute Gasteiger partial charge is 0.253 e. The fourth-order valence-corrected chi connectivity index (χ4v) is 2.14. The fraction of sp³-hybridized carbons (Fsp3) is 0.286. The van der Waals surface area contributed by atoms with Crippen molar-refractivity contribution < 1.29 is 4.79 Å². The zero-order chi connectivity index (χ0) is 14.0. The molecule has 2 aromatic rings. The Bertz CT molecular complexity index is 606. The Morgan fingerprint density at radius 3 is 2.79 bits per heavy atom. The van der Waals surface area contributed by atoms with Crippen LogP contribution in [0.3, 0.4) is 0 Å². The number of nitrogens with zero attached hydrogens (tertiary/aromatic N) is 3. The molecule has 5 heteroatoms. The van der Waals surface area contributed by atoms with Gasteiger partial charge in [-0.2, -0.15) is 5.10 Å². The van der Waals surface area contributed by atoms with Crippen molar-refractivity contribution in [2.75, 3.05) is 7.05 Å². The molecule has 1 amide bonds. The topological polar surface area (TPSA) is 38.1 Å². The van der Waals surface area contributed by atoms with E-state index < -0.39 is 0 Å². The van der Waals surface area contributed by atoms with Gasteiger partial charge in [0, 0.05) is 42.4 Å². The highest BCUT2D eigenvalue weighted by molar-refractivity contribution is 9.10. The van der Waals surface area contributed by atoms with Crippen LogP contribution in [0.5, 0.6) is 0 Å². The summed E-state index contributed by atoms with van der Waals surface area (Å²) in [6, 6.07) is 5.63. The third kappa shape index (κ3) is 3.23. The molecule has 1 aromatic carbocycles. The fourth-order valence-electron chi connectivity index (χ4n) is 1.90. The van der Waals surface area contributed by atoms with Crippen LogP contribution in [0.1, 0.15) is 21.5 Å². The number of hydrogen-bond donors (Lipinski definition) is 0. The zero-order valence-electron chi connectivity index (χ0n) is 11.2. The molecule has 0 N–H and O–H groups in total. The van der Waals surface area contributed by atoms with Gasteiger partial charge in [0.1, 0.15) is 0 Å². The van der Waals surface area contributed by atoms with Gasteiger partial charge in [-0.25, -0.2) is 0 Å². The third-order valence-corrected chi connectivity index (χ3v) is 3.82. The summed E-state index contributed by atoms with van der Waals surface area (Å²) in [6.45, 7) is 2.53. The second kappa shape index (κ2) is 5.57. The van der Waals surface area contributed by atoms with Crippen LogP contribution >= 0.6 is 15.9 Å². The first-order chi connectivity index (χ1) is 8.97. The van der Waals surface area contributed by atoms with Crippen molar-refractivity contribution in [3.63, 3.8) is 0 Å². The maximum atomic E-state index is 12.3. The number of rotatable bonds is 3. The highest BCUT2D eigenvalue weighted by Crippen LogP contribution is 2.18. The molecule has 4 nitrogen and oxygen atoms in total. The molecular formula is C14H16BrN3O. The SMILES string of the molecule is Cc1cc(C(=O)N(C)Cc2cnn(C)c2)ccc1Br. The predicted molar refractivity (Wildman–Crippen MR) is 77.9 cm³/mol. The van der Waals surface area contributed by atoms with E-state index in [4.69, 9.17) is 0 Å². The normalized spacial score (nSPS) is 10.5. The molecule has 0 saturated carbocycles. The Morgan fingerprint density at radius 2 is 2.21 bits per heavy atom. The Morgan fingerprint density at radius 1 is 1.47 bits per heavy atom. The zero-order valence-corrected chi connectivity index (χ0v) is 12.8. The number of carbonyl (C=O) groups excluding carboxylic acids is 1. The number of aryl methyl sites for hydroxylation is 2. The molecule has 0 saturated heterocycles. The van der Waals surface area contributed by atoms with Gasteiger partial charge in [-0.3, -0.25) is 9.48 Å².